The Morgan fingerprint density at radius 2 is 2.08 bits per heavy atom. The summed E-state index contributed by atoms with van der Waals surface area (Å²) in [6.45, 7) is 3.99. The largest absolute Gasteiger partial charge is 0.465 e. The lowest BCUT2D eigenvalue weighted by atomic mass is 9.72. The van der Waals surface area contributed by atoms with Crippen LogP contribution in [0.5, 0.6) is 0 Å². The lowest BCUT2D eigenvalue weighted by Crippen LogP contribution is -2.37. The molecular formula is C19H20INO3. The maximum atomic E-state index is 12.7. The highest BCUT2D eigenvalue weighted by atomic mass is 127. The average molecular weight is 437 g/mol. The molecule has 1 aliphatic heterocycles. The number of aliphatic imine (C=N–C) groups is 1. The third kappa shape index (κ3) is 3.06. The molecule has 24 heavy (non-hydrogen) atoms. The van der Waals surface area contributed by atoms with Gasteiger partial charge in [-0.3, -0.25) is 14.6 Å². The van der Waals surface area contributed by atoms with Crippen LogP contribution in [-0.2, 0) is 14.3 Å². The number of nitrogens with zero attached hydrogens (tertiary/aromatic N) is 1. The fourth-order valence-corrected chi connectivity index (χ4v) is 4.33. The maximum Gasteiger partial charge on any atom is 0.315 e. The van der Waals surface area contributed by atoms with Gasteiger partial charge in [-0.05, 0) is 60.9 Å². The number of ketones is 1. The van der Waals surface area contributed by atoms with Crippen LogP contribution in [-0.4, -0.2) is 24.1 Å². The molecule has 4 nitrogen and oxygen atoms in total. The highest BCUT2D eigenvalue weighted by molar-refractivity contribution is 14.1. The van der Waals surface area contributed by atoms with Gasteiger partial charge in [0.15, 0.2) is 5.78 Å². The Morgan fingerprint density at radius 3 is 2.79 bits per heavy atom. The molecule has 0 N–H and O–H groups in total. The van der Waals surface area contributed by atoms with Gasteiger partial charge < -0.3 is 4.74 Å². The van der Waals surface area contributed by atoms with Crippen molar-refractivity contribution in [3.63, 3.8) is 0 Å². The zero-order chi connectivity index (χ0) is 17.3. The summed E-state index contributed by atoms with van der Waals surface area (Å²) in [5, 5.41) is 0. The van der Waals surface area contributed by atoms with Gasteiger partial charge in [-0.25, -0.2) is 0 Å². The van der Waals surface area contributed by atoms with E-state index in [-0.39, 0.29) is 17.7 Å². The summed E-state index contributed by atoms with van der Waals surface area (Å²) in [5.41, 5.74) is 3.32. The Bertz CT molecular complexity index is 751. The van der Waals surface area contributed by atoms with Crippen LogP contribution in [0.25, 0.3) is 0 Å². The molecule has 1 aromatic rings. The van der Waals surface area contributed by atoms with E-state index in [9.17, 15) is 9.59 Å². The maximum absolute atomic E-state index is 12.7. The molecule has 3 rings (SSSR count). The SMILES string of the molecule is CCOC(=O)C1C(C)=NC2=C(C(=O)CCC2)[C@@H]1c1ccccc1I. The third-order valence-electron chi connectivity index (χ3n) is 4.62. The van der Waals surface area contributed by atoms with Crippen LogP contribution in [0, 0.1) is 9.49 Å². The molecule has 2 aliphatic rings. The molecule has 0 bridgehead atoms. The van der Waals surface area contributed by atoms with Crippen molar-refractivity contribution >= 4 is 40.1 Å². The Morgan fingerprint density at radius 1 is 1.33 bits per heavy atom. The molecule has 126 valence electrons. The number of hydrogen-bond acceptors (Lipinski definition) is 4. The first kappa shape index (κ1) is 17.3. The van der Waals surface area contributed by atoms with Crippen molar-refractivity contribution in [1.29, 1.82) is 0 Å². The van der Waals surface area contributed by atoms with Crippen molar-refractivity contribution in [1.82, 2.24) is 0 Å². The van der Waals surface area contributed by atoms with Crippen LogP contribution in [0.15, 0.2) is 40.5 Å². The van der Waals surface area contributed by atoms with Crippen LogP contribution in [0.3, 0.4) is 0 Å². The number of carbonyl (C=O) groups excluding carboxylic acids is 2. The predicted molar refractivity (Wildman–Crippen MR) is 101 cm³/mol. The number of benzene rings is 1. The Labute approximate surface area is 155 Å². The predicted octanol–water partition coefficient (Wildman–Crippen LogP) is 4.04. The van der Waals surface area contributed by atoms with E-state index in [0.717, 1.165) is 33.4 Å². The number of halogens is 1. The summed E-state index contributed by atoms with van der Waals surface area (Å²) in [6.07, 6.45) is 2.16. The monoisotopic (exact) mass is 437 g/mol. The smallest absolute Gasteiger partial charge is 0.315 e. The van der Waals surface area contributed by atoms with Gasteiger partial charge in [-0.15, -0.1) is 0 Å². The van der Waals surface area contributed by atoms with E-state index in [2.05, 4.69) is 27.6 Å². The molecule has 0 spiro atoms. The van der Waals surface area contributed by atoms with Crippen molar-refractivity contribution < 1.29 is 14.3 Å². The Balaban J connectivity index is 2.18. The Hall–Kier alpha value is -1.50. The molecule has 1 aliphatic carbocycles. The fraction of sp³-hybridized carbons (Fsp3) is 0.421. The van der Waals surface area contributed by atoms with E-state index in [1.165, 1.54) is 0 Å². The number of ether oxygens (including phenoxy) is 1. The van der Waals surface area contributed by atoms with Gasteiger partial charge in [0.25, 0.3) is 0 Å². The summed E-state index contributed by atoms with van der Waals surface area (Å²) in [5.74, 6) is -1.00. The lowest BCUT2D eigenvalue weighted by Gasteiger charge is -2.34. The molecule has 0 saturated heterocycles. The first-order valence-electron chi connectivity index (χ1n) is 8.27. The van der Waals surface area contributed by atoms with Crippen LogP contribution < -0.4 is 0 Å². The topological polar surface area (TPSA) is 55.7 Å². The van der Waals surface area contributed by atoms with Crippen molar-refractivity contribution in [3.8, 4) is 0 Å². The molecule has 1 aromatic carbocycles. The normalized spacial score (nSPS) is 23.6. The van der Waals surface area contributed by atoms with Crippen molar-refractivity contribution in [2.75, 3.05) is 6.61 Å². The first-order valence-corrected chi connectivity index (χ1v) is 9.35. The summed E-state index contributed by atoms with van der Waals surface area (Å²) in [4.78, 5) is 29.9. The van der Waals surface area contributed by atoms with Crippen molar-refractivity contribution in [2.24, 2.45) is 10.9 Å². The number of allylic oxidation sites excluding steroid dienone is 2. The van der Waals surface area contributed by atoms with E-state index in [1.807, 2.05) is 31.2 Å². The number of Topliss-reactive ketones (excluding diaryl/α,β-unsaturated/α-hetero) is 1. The zero-order valence-corrected chi connectivity index (χ0v) is 16.0. The summed E-state index contributed by atoms with van der Waals surface area (Å²) in [7, 11) is 0. The zero-order valence-electron chi connectivity index (χ0n) is 13.8. The lowest BCUT2D eigenvalue weighted by molar-refractivity contribution is -0.146. The fourth-order valence-electron chi connectivity index (χ4n) is 3.61. The quantitative estimate of drug-likeness (QED) is 0.530. The second kappa shape index (κ2) is 7.17. The second-order valence-corrected chi connectivity index (χ2v) is 7.28. The highest BCUT2D eigenvalue weighted by Crippen LogP contribution is 2.44. The standard InChI is InChI=1S/C19H20INO3/c1-3-24-19(23)16-11(2)21-14-9-6-10-15(22)18(14)17(16)12-7-4-5-8-13(12)20/h4-5,7-8,16-17H,3,6,9-10H2,1-2H3/t16?,17-/m1/s1. The minimum atomic E-state index is -0.526. The minimum absolute atomic E-state index is 0.117. The molecule has 0 saturated carbocycles. The highest BCUT2D eigenvalue weighted by Gasteiger charge is 2.43. The molecular weight excluding hydrogens is 417 g/mol. The van der Waals surface area contributed by atoms with Crippen LogP contribution in [0.2, 0.25) is 0 Å². The van der Waals surface area contributed by atoms with Gasteiger partial charge in [-0.1, -0.05) is 18.2 Å². The van der Waals surface area contributed by atoms with Crippen molar-refractivity contribution in [3.05, 3.63) is 44.7 Å². The summed E-state index contributed by atoms with van der Waals surface area (Å²) >= 11 is 2.27. The summed E-state index contributed by atoms with van der Waals surface area (Å²) in [6, 6.07) is 7.93. The molecule has 1 unspecified atom stereocenters. The number of hydrogen-bond donors (Lipinski definition) is 0. The number of esters is 1. The molecule has 2 atom stereocenters. The van der Waals surface area contributed by atoms with E-state index < -0.39 is 5.92 Å². The second-order valence-electron chi connectivity index (χ2n) is 6.12. The van der Waals surface area contributed by atoms with Crippen LogP contribution in [0.4, 0.5) is 0 Å². The van der Waals surface area contributed by atoms with E-state index in [4.69, 9.17) is 4.74 Å². The van der Waals surface area contributed by atoms with Crippen LogP contribution >= 0.6 is 22.6 Å². The number of carbonyl (C=O) groups is 2. The summed E-state index contributed by atoms with van der Waals surface area (Å²) < 4.78 is 6.35. The van der Waals surface area contributed by atoms with E-state index in [0.29, 0.717) is 18.6 Å². The van der Waals surface area contributed by atoms with Crippen molar-refractivity contribution in [2.45, 2.75) is 39.0 Å². The third-order valence-corrected chi connectivity index (χ3v) is 5.60. The molecule has 0 fully saturated rings. The average Bonchev–Trinajstić information content (AvgIpc) is 2.54. The minimum Gasteiger partial charge on any atom is -0.465 e. The van der Waals surface area contributed by atoms with Crippen LogP contribution in [0.1, 0.15) is 44.6 Å². The first-order chi connectivity index (χ1) is 11.5. The number of rotatable bonds is 3. The Kier molecular flexibility index (Phi) is 5.18. The van der Waals surface area contributed by atoms with Gasteiger partial charge in [-0.2, -0.15) is 0 Å². The van der Waals surface area contributed by atoms with Gasteiger partial charge in [0.2, 0.25) is 0 Å². The van der Waals surface area contributed by atoms with E-state index in [1.54, 1.807) is 6.92 Å². The molecule has 0 radical (unpaired) electrons. The van der Waals surface area contributed by atoms with Gasteiger partial charge >= 0.3 is 5.97 Å². The molecule has 1 heterocycles. The van der Waals surface area contributed by atoms with Gasteiger partial charge in [0.05, 0.1) is 6.61 Å². The molecule has 0 amide bonds. The van der Waals surface area contributed by atoms with Gasteiger partial charge in [0, 0.05) is 32.9 Å². The van der Waals surface area contributed by atoms with Gasteiger partial charge in [0.1, 0.15) is 5.92 Å². The molecule has 5 heteroatoms. The molecule has 0 aromatic heterocycles. The van der Waals surface area contributed by atoms with E-state index >= 15 is 0 Å².